The number of aliphatic hydroxyl groups excluding tert-OH is 1. The highest BCUT2D eigenvalue weighted by Gasteiger charge is 2.23. The van der Waals surface area contributed by atoms with Gasteiger partial charge in [-0.2, -0.15) is 0 Å². The van der Waals surface area contributed by atoms with Crippen LogP contribution < -0.4 is 25.8 Å². The van der Waals surface area contributed by atoms with Crippen LogP contribution in [0.4, 0.5) is 10.5 Å². The molecule has 2 heterocycles. The van der Waals surface area contributed by atoms with E-state index in [1.54, 1.807) is 30.3 Å². The Morgan fingerprint density at radius 1 is 0.981 bits per heavy atom. The van der Waals surface area contributed by atoms with Crippen LogP contribution >= 0.6 is 11.8 Å². The summed E-state index contributed by atoms with van der Waals surface area (Å²) in [4.78, 5) is 40.0. The zero-order chi connectivity index (χ0) is 37.7. The molecule has 6 rings (SSSR count). The van der Waals surface area contributed by atoms with Gasteiger partial charge in [0.15, 0.2) is 0 Å². The van der Waals surface area contributed by atoms with E-state index in [4.69, 9.17) is 27.0 Å². The van der Waals surface area contributed by atoms with Crippen molar-refractivity contribution in [3.63, 3.8) is 0 Å². The molecule has 0 bridgehead atoms. The lowest BCUT2D eigenvalue weighted by atomic mass is 10.0. The molecule has 0 saturated carbocycles. The van der Waals surface area contributed by atoms with Crippen LogP contribution in [-0.2, 0) is 16.1 Å². The third-order valence-electron chi connectivity index (χ3n) is 8.98. The minimum absolute atomic E-state index is 0.0740. The number of aromatic hydroxyl groups is 1. The molecule has 1 aliphatic rings. The number of hydrogen-bond acceptors (Lipinski definition) is 9. The number of phenolic OH excluding ortho intramolecular Hbond substituents is 1. The molecule has 1 saturated heterocycles. The van der Waals surface area contributed by atoms with Crippen molar-refractivity contribution in [2.45, 2.75) is 38.0 Å². The highest BCUT2D eigenvalue weighted by atomic mass is 35.5. The van der Waals surface area contributed by atoms with E-state index >= 15 is 0 Å². The summed E-state index contributed by atoms with van der Waals surface area (Å²) >= 11 is 6.37. The minimum atomic E-state index is -0.910. The number of anilines is 1. The molecule has 13 heteroatoms. The van der Waals surface area contributed by atoms with Gasteiger partial charge in [-0.15, -0.1) is 0 Å². The van der Waals surface area contributed by atoms with Crippen LogP contribution in [0.25, 0.3) is 22.0 Å². The molecular weight excluding hydrogens is 698 g/mol. The largest absolute Gasteiger partial charge is 0.506 e. The topological polar surface area (TPSA) is 170 Å². The number of amides is 2. The van der Waals surface area contributed by atoms with Gasteiger partial charge in [0.25, 0.3) is 0 Å². The zero-order valence-corrected chi connectivity index (χ0v) is 30.2. The van der Waals surface area contributed by atoms with Crippen LogP contribution in [-0.4, -0.2) is 71.5 Å². The van der Waals surface area contributed by atoms with Gasteiger partial charge in [-0.1, -0.05) is 72.8 Å². The van der Waals surface area contributed by atoms with Crippen LogP contribution in [0.5, 0.6) is 11.5 Å². The number of likely N-dealkylation sites (tertiary alicyclic amines) is 1. The van der Waals surface area contributed by atoms with Crippen LogP contribution in [0.1, 0.15) is 36.5 Å². The van der Waals surface area contributed by atoms with Crippen molar-refractivity contribution < 1.29 is 29.3 Å². The lowest BCUT2D eigenvalue weighted by molar-refractivity contribution is -0.117. The lowest BCUT2D eigenvalue weighted by Crippen LogP contribution is -2.40. The number of ether oxygens (including phenoxy) is 2. The molecule has 5 aromatic rings. The molecule has 2 amide bonds. The van der Waals surface area contributed by atoms with Gasteiger partial charge >= 0.3 is 6.09 Å². The fourth-order valence-corrected chi connectivity index (χ4v) is 6.37. The Morgan fingerprint density at radius 3 is 2.26 bits per heavy atom. The fraction of sp³-hybridized carbons (Fsp3) is 0.275. The molecule has 1 atom stereocenters. The summed E-state index contributed by atoms with van der Waals surface area (Å²) in [7, 11) is 1.52. The average molecular weight is 742 g/mol. The number of benzene rings is 4. The Kier molecular flexibility index (Phi) is 13.8. The van der Waals surface area contributed by atoms with E-state index in [1.807, 2.05) is 12.1 Å². The van der Waals surface area contributed by atoms with Crippen molar-refractivity contribution in [2.75, 3.05) is 37.7 Å². The third kappa shape index (κ3) is 10.8. The molecule has 0 spiro atoms. The molecule has 53 heavy (non-hydrogen) atoms. The van der Waals surface area contributed by atoms with Crippen LogP contribution in [0.3, 0.4) is 0 Å². The maximum absolute atomic E-state index is 12.8. The van der Waals surface area contributed by atoms with E-state index in [2.05, 4.69) is 63.7 Å². The molecule has 4 aromatic carbocycles. The van der Waals surface area contributed by atoms with Crippen LogP contribution in [0.15, 0.2) is 108 Å². The Labute approximate surface area is 312 Å². The second-order valence-corrected chi connectivity index (χ2v) is 12.9. The Hall–Kier alpha value is -5.40. The van der Waals surface area contributed by atoms with Gasteiger partial charge in [0, 0.05) is 74.0 Å². The number of fused-ring (bicyclic) bond motifs is 1. The molecule has 6 N–H and O–H groups in total. The number of halogens is 1. The second-order valence-electron chi connectivity index (χ2n) is 12.6. The van der Waals surface area contributed by atoms with E-state index in [1.165, 1.54) is 30.4 Å². The number of H-pyrrole nitrogens is 1. The van der Waals surface area contributed by atoms with E-state index in [0.29, 0.717) is 61.4 Å². The summed E-state index contributed by atoms with van der Waals surface area (Å²) in [6, 6.07) is 31.9. The lowest BCUT2D eigenvalue weighted by Gasteiger charge is -2.31. The fourth-order valence-electron chi connectivity index (χ4n) is 6.18. The predicted molar refractivity (Wildman–Crippen MR) is 206 cm³/mol. The maximum atomic E-state index is 12.8. The van der Waals surface area contributed by atoms with Crippen molar-refractivity contribution in [3.8, 4) is 22.6 Å². The molecule has 0 radical (unpaired) electrons. The summed E-state index contributed by atoms with van der Waals surface area (Å²) in [6.45, 7) is 2.47. The first-order chi connectivity index (χ1) is 25.6. The zero-order valence-electron chi connectivity index (χ0n) is 29.4. The standard InChI is InChI=1S/C28H34ClN5O7.C12H10/c1-40-24-14-18(34(29)26(38)10-13-33-11-8-19(9-12-33)41-28(30)39)3-2-17(24)15-31-16-23(36)20-4-6-22(35)27-21(20)5-7-25(37)32-27;1-3-7-11(8-4-1)12-9-5-2-6-10-12/h2-7,14,19,23,31,35-36H,8-13,15-16H2,1H3,(H2,30,39)(H,32,37);1-10H. The number of aromatic amines is 1. The van der Waals surface area contributed by atoms with Crippen molar-refractivity contribution in [3.05, 3.63) is 125 Å². The monoisotopic (exact) mass is 741 g/mol. The summed E-state index contributed by atoms with van der Waals surface area (Å²) in [6.07, 6.45) is -0.323. The normalized spacial score (nSPS) is 13.8. The second kappa shape index (κ2) is 18.9. The number of rotatable bonds is 12. The summed E-state index contributed by atoms with van der Waals surface area (Å²) in [5.74, 6) is 0.183. The molecule has 12 nitrogen and oxygen atoms in total. The van der Waals surface area contributed by atoms with Crippen molar-refractivity contribution in [2.24, 2.45) is 5.73 Å². The number of hydrogen-bond donors (Lipinski definition) is 5. The van der Waals surface area contributed by atoms with Gasteiger partial charge in [0.2, 0.25) is 11.5 Å². The van der Waals surface area contributed by atoms with Gasteiger partial charge in [-0.05, 0) is 47.7 Å². The first-order valence-electron chi connectivity index (χ1n) is 17.3. The van der Waals surface area contributed by atoms with Crippen molar-refractivity contribution in [1.82, 2.24) is 15.2 Å². The van der Waals surface area contributed by atoms with Crippen LogP contribution in [0.2, 0.25) is 0 Å². The number of piperidine rings is 1. The smallest absolute Gasteiger partial charge is 0.404 e. The highest BCUT2D eigenvalue weighted by Crippen LogP contribution is 2.30. The number of nitrogens with two attached hydrogens (primary N) is 1. The number of nitrogens with zero attached hydrogens (tertiary/aromatic N) is 2. The molecule has 1 unspecified atom stereocenters. The molecule has 0 aliphatic carbocycles. The summed E-state index contributed by atoms with van der Waals surface area (Å²) in [5, 5.41) is 24.6. The highest BCUT2D eigenvalue weighted by molar-refractivity contribution is 6.36. The third-order valence-corrected chi connectivity index (χ3v) is 9.36. The molecule has 278 valence electrons. The number of phenols is 1. The first kappa shape index (κ1) is 38.8. The minimum Gasteiger partial charge on any atom is -0.506 e. The Bertz CT molecular complexity index is 1980. The summed E-state index contributed by atoms with van der Waals surface area (Å²) < 4.78 is 11.6. The molecule has 1 aliphatic heterocycles. The number of carbonyl (C=O) groups is 2. The number of primary amides is 1. The Balaban J connectivity index is 0.000000378. The number of methoxy groups -OCH3 is 1. The Morgan fingerprint density at radius 2 is 1.64 bits per heavy atom. The van der Waals surface area contributed by atoms with Crippen molar-refractivity contribution >= 4 is 40.4 Å². The van der Waals surface area contributed by atoms with E-state index in [0.717, 1.165) is 9.98 Å². The number of aliphatic hydroxyl groups is 1. The number of pyridine rings is 1. The van der Waals surface area contributed by atoms with Gasteiger partial charge in [-0.3, -0.25) is 9.59 Å². The number of nitrogens with one attached hydrogen (secondary N) is 2. The van der Waals surface area contributed by atoms with E-state index in [-0.39, 0.29) is 41.8 Å². The average Bonchev–Trinajstić information content (AvgIpc) is 3.18. The van der Waals surface area contributed by atoms with E-state index in [9.17, 15) is 24.6 Å². The predicted octanol–water partition coefficient (Wildman–Crippen LogP) is 5.86. The van der Waals surface area contributed by atoms with Crippen molar-refractivity contribution in [1.29, 1.82) is 0 Å². The SMILES string of the molecule is COc1cc(N(Cl)C(=O)CCN2CCC(OC(N)=O)CC2)ccc1CNCC(O)c1ccc(O)c2[nH]c(=O)ccc12.c1ccc(-c2ccccc2)cc1. The molecular formula is C40H44ClN5O7. The first-order valence-corrected chi connectivity index (χ1v) is 17.6. The summed E-state index contributed by atoms with van der Waals surface area (Å²) in [5.41, 5.74) is 9.37. The number of carbonyl (C=O) groups excluding carboxylic acids is 2. The van der Waals surface area contributed by atoms with E-state index < -0.39 is 12.2 Å². The van der Waals surface area contributed by atoms with Gasteiger partial charge in [0.05, 0.1) is 24.4 Å². The van der Waals surface area contributed by atoms with Gasteiger partial charge < -0.3 is 40.6 Å². The quantitative estimate of drug-likeness (QED) is 0.0984. The molecule has 1 fully saturated rings. The van der Waals surface area contributed by atoms with Gasteiger partial charge in [-0.25, -0.2) is 9.21 Å². The van der Waals surface area contributed by atoms with Crippen LogP contribution in [0, 0.1) is 0 Å². The molecule has 1 aromatic heterocycles. The van der Waals surface area contributed by atoms with Gasteiger partial charge in [0.1, 0.15) is 17.6 Å². The number of aromatic nitrogens is 1. The maximum Gasteiger partial charge on any atom is 0.404 e.